The van der Waals surface area contributed by atoms with Crippen LogP contribution in [-0.4, -0.2) is 28.1 Å². The normalized spacial score (nSPS) is 15.2. The number of carbonyl (C=O) groups excluding carboxylic acids is 1. The smallest absolute Gasteiger partial charge is 0.318 e. The summed E-state index contributed by atoms with van der Waals surface area (Å²) in [6.45, 7) is 2.53. The number of urea groups is 1. The number of hydrogen-bond donors (Lipinski definition) is 2. The van der Waals surface area contributed by atoms with Crippen molar-refractivity contribution in [1.82, 2.24) is 15.2 Å². The molecule has 1 heterocycles. The number of aryl methyl sites for hydroxylation is 1. The van der Waals surface area contributed by atoms with E-state index in [2.05, 4.69) is 10.3 Å². The van der Waals surface area contributed by atoms with Crippen LogP contribution < -0.4 is 5.32 Å². The summed E-state index contributed by atoms with van der Waals surface area (Å²) >= 11 is 1.65. The van der Waals surface area contributed by atoms with Crippen LogP contribution in [0.4, 0.5) is 4.79 Å². The lowest BCUT2D eigenvalue weighted by molar-refractivity contribution is 0.201. The lowest BCUT2D eigenvalue weighted by Crippen LogP contribution is -2.39. The number of aromatic nitrogens is 1. The number of benzene rings is 1. The van der Waals surface area contributed by atoms with Gasteiger partial charge in [-0.15, -0.1) is 11.3 Å². The molecule has 1 aliphatic carbocycles. The number of rotatable bonds is 5. The van der Waals surface area contributed by atoms with Gasteiger partial charge in [-0.2, -0.15) is 0 Å². The van der Waals surface area contributed by atoms with Gasteiger partial charge in [0.15, 0.2) is 0 Å². The Kier molecular flexibility index (Phi) is 4.52. The minimum absolute atomic E-state index is 0.0171. The number of thiazole rings is 1. The van der Waals surface area contributed by atoms with Crippen LogP contribution in [0.3, 0.4) is 0 Å². The van der Waals surface area contributed by atoms with Gasteiger partial charge >= 0.3 is 6.03 Å². The molecule has 1 fully saturated rings. The summed E-state index contributed by atoms with van der Waals surface area (Å²) in [6, 6.07) is 6.83. The Hall–Kier alpha value is -2.08. The number of amides is 2. The van der Waals surface area contributed by atoms with Crippen molar-refractivity contribution < 1.29 is 9.90 Å². The standard InChI is InChI=1S/C17H21N3O2S/c1-11-9-18-16(23-11)15(13-5-6-13)19-17(22)20(2)10-12-3-7-14(21)8-4-12/h3-4,7-9,13,15,21H,5-6,10H2,1-2H3,(H,19,22). The third-order valence-corrected chi connectivity index (χ3v) is 4.98. The molecule has 0 saturated heterocycles. The summed E-state index contributed by atoms with van der Waals surface area (Å²) in [6.07, 6.45) is 4.15. The van der Waals surface area contributed by atoms with Crippen molar-refractivity contribution in [3.63, 3.8) is 0 Å². The summed E-state index contributed by atoms with van der Waals surface area (Å²) in [5.41, 5.74) is 0.980. The molecule has 2 N–H and O–H groups in total. The molecule has 1 aromatic heterocycles. The maximum Gasteiger partial charge on any atom is 0.318 e. The average Bonchev–Trinajstić information content (AvgIpc) is 3.28. The minimum Gasteiger partial charge on any atom is -0.508 e. The largest absolute Gasteiger partial charge is 0.508 e. The molecule has 1 aromatic carbocycles. The highest BCUT2D eigenvalue weighted by molar-refractivity contribution is 7.11. The van der Waals surface area contributed by atoms with Crippen LogP contribution >= 0.6 is 11.3 Å². The van der Waals surface area contributed by atoms with Crippen molar-refractivity contribution in [3.8, 4) is 5.75 Å². The van der Waals surface area contributed by atoms with Crippen molar-refractivity contribution in [2.45, 2.75) is 32.4 Å². The van der Waals surface area contributed by atoms with E-state index in [1.54, 1.807) is 35.4 Å². The number of aromatic hydroxyl groups is 1. The summed E-state index contributed by atoms with van der Waals surface area (Å²) in [4.78, 5) is 19.7. The molecular weight excluding hydrogens is 310 g/mol. The van der Waals surface area contributed by atoms with Crippen molar-refractivity contribution in [1.29, 1.82) is 0 Å². The predicted octanol–water partition coefficient (Wildman–Crippen LogP) is 3.45. The Labute approximate surface area is 140 Å². The van der Waals surface area contributed by atoms with Crippen LogP contribution in [0.1, 0.15) is 34.3 Å². The first kappa shape index (κ1) is 15.8. The van der Waals surface area contributed by atoms with E-state index in [0.717, 1.165) is 28.3 Å². The van der Waals surface area contributed by atoms with Gasteiger partial charge in [0.05, 0.1) is 6.04 Å². The van der Waals surface area contributed by atoms with Crippen LogP contribution in [0.5, 0.6) is 5.75 Å². The number of phenolic OH excluding ortho intramolecular Hbond substituents is 1. The second kappa shape index (κ2) is 6.58. The molecule has 2 aromatic rings. The zero-order valence-electron chi connectivity index (χ0n) is 13.3. The molecule has 2 amide bonds. The van der Waals surface area contributed by atoms with Gasteiger partial charge in [-0.25, -0.2) is 9.78 Å². The molecule has 122 valence electrons. The Balaban J connectivity index is 1.63. The number of hydrogen-bond acceptors (Lipinski definition) is 4. The van der Waals surface area contributed by atoms with E-state index in [1.165, 1.54) is 0 Å². The fourth-order valence-electron chi connectivity index (χ4n) is 2.52. The molecule has 1 saturated carbocycles. The maximum absolute atomic E-state index is 12.5. The highest BCUT2D eigenvalue weighted by atomic mass is 32.1. The van der Waals surface area contributed by atoms with Crippen LogP contribution in [0.25, 0.3) is 0 Å². The topological polar surface area (TPSA) is 65.5 Å². The van der Waals surface area contributed by atoms with Crippen LogP contribution in [-0.2, 0) is 6.54 Å². The molecule has 1 unspecified atom stereocenters. The fourth-order valence-corrected chi connectivity index (χ4v) is 3.44. The van der Waals surface area contributed by atoms with Crippen LogP contribution in [0, 0.1) is 12.8 Å². The van der Waals surface area contributed by atoms with Gasteiger partial charge in [-0.3, -0.25) is 0 Å². The molecule has 5 nitrogen and oxygen atoms in total. The first-order valence-electron chi connectivity index (χ1n) is 7.75. The molecule has 0 spiro atoms. The van der Waals surface area contributed by atoms with Crippen molar-refractivity contribution in [3.05, 3.63) is 45.9 Å². The second-order valence-electron chi connectivity index (χ2n) is 6.10. The summed E-state index contributed by atoms with van der Waals surface area (Å²) in [5, 5.41) is 13.4. The monoisotopic (exact) mass is 331 g/mol. The molecule has 1 atom stereocenters. The van der Waals surface area contributed by atoms with Crippen LogP contribution in [0.2, 0.25) is 0 Å². The van der Waals surface area contributed by atoms with Gasteiger partial charge in [-0.1, -0.05) is 12.1 Å². The SMILES string of the molecule is Cc1cnc(C(NC(=O)N(C)Cc2ccc(O)cc2)C2CC2)s1. The first-order valence-corrected chi connectivity index (χ1v) is 8.56. The maximum atomic E-state index is 12.5. The second-order valence-corrected chi connectivity index (χ2v) is 7.36. The highest BCUT2D eigenvalue weighted by Crippen LogP contribution is 2.42. The molecule has 0 bridgehead atoms. The van der Waals surface area contributed by atoms with E-state index in [1.807, 2.05) is 25.3 Å². The van der Waals surface area contributed by atoms with E-state index in [-0.39, 0.29) is 17.8 Å². The molecule has 1 aliphatic rings. The van der Waals surface area contributed by atoms with Gasteiger partial charge < -0.3 is 15.3 Å². The zero-order chi connectivity index (χ0) is 16.4. The lowest BCUT2D eigenvalue weighted by atomic mass is 10.2. The first-order chi connectivity index (χ1) is 11.0. The van der Waals surface area contributed by atoms with Crippen LogP contribution in [0.15, 0.2) is 30.5 Å². The Morgan fingerprint density at radius 2 is 2.13 bits per heavy atom. The van der Waals surface area contributed by atoms with Crippen molar-refractivity contribution >= 4 is 17.4 Å². The van der Waals surface area contributed by atoms with E-state index in [4.69, 9.17) is 0 Å². The molecule has 3 rings (SSSR count). The average molecular weight is 331 g/mol. The third kappa shape index (κ3) is 4.01. The zero-order valence-corrected chi connectivity index (χ0v) is 14.1. The third-order valence-electron chi connectivity index (χ3n) is 3.98. The van der Waals surface area contributed by atoms with Gasteiger partial charge in [0.1, 0.15) is 10.8 Å². The molecule has 23 heavy (non-hydrogen) atoms. The number of nitrogens with one attached hydrogen (secondary N) is 1. The molecule has 6 heteroatoms. The Bertz CT molecular complexity index is 679. The van der Waals surface area contributed by atoms with E-state index in [0.29, 0.717) is 12.5 Å². The van der Waals surface area contributed by atoms with Gasteiger partial charge in [0, 0.05) is 24.7 Å². The Morgan fingerprint density at radius 3 is 2.70 bits per heavy atom. The quantitative estimate of drug-likeness (QED) is 0.882. The minimum atomic E-state index is -0.0946. The Morgan fingerprint density at radius 1 is 1.43 bits per heavy atom. The summed E-state index contributed by atoms with van der Waals surface area (Å²) in [7, 11) is 1.78. The summed E-state index contributed by atoms with van der Waals surface area (Å²) in [5.74, 6) is 0.736. The number of phenols is 1. The van der Waals surface area contributed by atoms with Crippen molar-refractivity contribution in [2.24, 2.45) is 5.92 Å². The molecule has 0 radical (unpaired) electrons. The molecular formula is C17H21N3O2S. The van der Waals surface area contributed by atoms with E-state index >= 15 is 0 Å². The number of carbonyl (C=O) groups is 1. The lowest BCUT2D eigenvalue weighted by Gasteiger charge is -2.22. The fraction of sp³-hybridized carbons (Fsp3) is 0.412. The van der Waals surface area contributed by atoms with E-state index in [9.17, 15) is 9.90 Å². The van der Waals surface area contributed by atoms with Crippen molar-refractivity contribution in [2.75, 3.05) is 7.05 Å². The van der Waals surface area contributed by atoms with Gasteiger partial charge in [0.25, 0.3) is 0 Å². The van der Waals surface area contributed by atoms with Gasteiger partial charge in [-0.05, 0) is 43.4 Å². The highest BCUT2D eigenvalue weighted by Gasteiger charge is 2.35. The summed E-state index contributed by atoms with van der Waals surface area (Å²) < 4.78 is 0. The van der Waals surface area contributed by atoms with Gasteiger partial charge in [0.2, 0.25) is 0 Å². The molecule has 0 aliphatic heterocycles. The number of nitrogens with zero attached hydrogens (tertiary/aromatic N) is 2. The van der Waals surface area contributed by atoms with E-state index < -0.39 is 0 Å². The predicted molar refractivity (Wildman–Crippen MR) is 90.4 cm³/mol.